The summed E-state index contributed by atoms with van der Waals surface area (Å²) in [6.07, 6.45) is 0.679. The number of nitrogens with zero attached hydrogens (tertiary/aromatic N) is 3. The van der Waals surface area contributed by atoms with Crippen molar-refractivity contribution in [3.63, 3.8) is 0 Å². The lowest BCUT2D eigenvalue weighted by atomic mass is 10.0. The van der Waals surface area contributed by atoms with E-state index in [2.05, 4.69) is 21.4 Å². The summed E-state index contributed by atoms with van der Waals surface area (Å²) >= 11 is 1.29. The van der Waals surface area contributed by atoms with Crippen LogP contribution < -0.4 is 0 Å². The van der Waals surface area contributed by atoms with Gasteiger partial charge >= 0.3 is 0 Å². The monoisotopic (exact) mass is 345 g/mol. The standard InChI is InChI=1S/C18H23N3O2S/c1-14-16(11-24-19-14)17(22)20(2)12-18(23)8-9-21(13-18)10-15-6-4-3-5-7-15/h3-7,11,23H,8-10,12-13H2,1-2H3/t18-/m0/s1. The van der Waals surface area contributed by atoms with Crippen molar-refractivity contribution in [2.45, 2.75) is 25.5 Å². The Hall–Kier alpha value is -1.76. The number of hydrogen-bond acceptors (Lipinski definition) is 5. The predicted molar refractivity (Wildman–Crippen MR) is 95.1 cm³/mol. The summed E-state index contributed by atoms with van der Waals surface area (Å²) in [6, 6.07) is 10.3. The molecule has 0 aliphatic carbocycles. The van der Waals surface area contributed by atoms with Crippen molar-refractivity contribution in [3.8, 4) is 0 Å². The average Bonchev–Trinajstić information content (AvgIpc) is 3.13. The summed E-state index contributed by atoms with van der Waals surface area (Å²) in [7, 11) is 1.75. The van der Waals surface area contributed by atoms with Gasteiger partial charge in [-0.05, 0) is 30.4 Å². The molecule has 1 atom stereocenters. The number of β-amino-alcohol motifs (C(OH)–C–C–N with tert-alkyl or cyclic N) is 1. The van der Waals surface area contributed by atoms with Crippen molar-refractivity contribution in [1.29, 1.82) is 0 Å². The Labute approximate surface area is 146 Å². The zero-order valence-corrected chi connectivity index (χ0v) is 14.9. The molecule has 1 saturated heterocycles. The molecule has 1 aromatic carbocycles. The molecule has 1 amide bonds. The fourth-order valence-corrected chi connectivity index (χ4v) is 3.95. The van der Waals surface area contributed by atoms with Crippen molar-refractivity contribution in [1.82, 2.24) is 14.2 Å². The first-order valence-electron chi connectivity index (χ1n) is 8.12. The maximum Gasteiger partial charge on any atom is 0.256 e. The molecule has 6 heteroatoms. The molecule has 0 spiro atoms. The van der Waals surface area contributed by atoms with Crippen LogP contribution in [0, 0.1) is 6.92 Å². The molecule has 1 aliphatic rings. The van der Waals surface area contributed by atoms with E-state index in [4.69, 9.17) is 0 Å². The Morgan fingerprint density at radius 2 is 2.17 bits per heavy atom. The third kappa shape index (κ3) is 3.83. The fraction of sp³-hybridized carbons (Fsp3) is 0.444. The van der Waals surface area contributed by atoms with Gasteiger partial charge in [-0.25, -0.2) is 0 Å². The summed E-state index contributed by atoms with van der Waals surface area (Å²) in [5.41, 5.74) is 1.77. The van der Waals surface area contributed by atoms with Gasteiger partial charge in [0, 0.05) is 32.1 Å². The Balaban J connectivity index is 1.59. The molecule has 0 saturated carbocycles. The molecule has 2 heterocycles. The van der Waals surface area contributed by atoms with Gasteiger partial charge in [0.15, 0.2) is 0 Å². The highest BCUT2D eigenvalue weighted by atomic mass is 32.1. The lowest BCUT2D eigenvalue weighted by Crippen LogP contribution is -2.45. The molecular formula is C18H23N3O2S. The summed E-state index contributed by atoms with van der Waals surface area (Å²) < 4.78 is 4.15. The number of carbonyl (C=O) groups is 1. The first-order chi connectivity index (χ1) is 11.5. The maximum absolute atomic E-state index is 12.5. The number of carbonyl (C=O) groups excluding carboxylic acids is 1. The number of likely N-dealkylation sites (tertiary alicyclic amines) is 1. The lowest BCUT2D eigenvalue weighted by Gasteiger charge is -2.29. The van der Waals surface area contributed by atoms with E-state index >= 15 is 0 Å². The summed E-state index contributed by atoms with van der Waals surface area (Å²) in [5.74, 6) is -0.0730. The second kappa shape index (κ2) is 7.01. The van der Waals surface area contributed by atoms with E-state index in [0.717, 1.165) is 18.8 Å². The minimum Gasteiger partial charge on any atom is -0.387 e. The highest BCUT2D eigenvalue weighted by Crippen LogP contribution is 2.24. The van der Waals surface area contributed by atoms with E-state index in [1.165, 1.54) is 17.1 Å². The van der Waals surface area contributed by atoms with Crippen LogP contribution in [-0.4, -0.2) is 57.5 Å². The summed E-state index contributed by atoms with van der Waals surface area (Å²) in [6.45, 7) is 4.43. The number of amides is 1. The van der Waals surface area contributed by atoms with Crippen LogP contribution in [-0.2, 0) is 6.54 Å². The Morgan fingerprint density at radius 3 is 2.83 bits per heavy atom. The van der Waals surface area contributed by atoms with Gasteiger partial charge in [0.1, 0.15) is 0 Å². The van der Waals surface area contributed by atoms with Gasteiger partial charge < -0.3 is 10.0 Å². The molecule has 0 unspecified atom stereocenters. The Kier molecular flexibility index (Phi) is 4.99. The maximum atomic E-state index is 12.5. The van der Waals surface area contributed by atoms with E-state index in [1.54, 1.807) is 17.3 Å². The van der Waals surface area contributed by atoms with Gasteiger partial charge in [0.05, 0.1) is 23.4 Å². The van der Waals surface area contributed by atoms with Crippen molar-refractivity contribution in [2.75, 3.05) is 26.7 Å². The molecule has 1 aliphatic heterocycles. The molecule has 24 heavy (non-hydrogen) atoms. The van der Waals surface area contributed by atoms with Crippen LogP contribution in [0.2, 0.25) is 0 Å². The lowest BCUT2D eigenvalue weighted by molar-refractivity contribution is 0.0170. The first kappa shape index (κ1) is 17.1. The fourth-order valence-electron chi connectivity index (χ4n) is 3.26. The van der Waals surface area contributed by atoms with Gasteiger partial charge in [0.25, 0.3) is 5.91 Å². The van der Waals surface area contributed by atoms with Crippen molar-refractivity contribution >= 4 is 17.4 Å². The molecule has 0 bridgehead atoms. The second-order valence-corrected chi connectivity index (χ2v) is 7.27. The predicted octanol–water partition coefficient (Wildman–Crippen LogP) is 2.16. The third-order valence-corrected chi connectivity index (χ3v) is 5.24. The zero-order chi connectivity index (χ0) is 17.2. The van der Waals surface area contributed by atoms with Crippen LogP contribution >= 0.6 is 11.5 Å². The minimum atomic E-state index is -0.851. The molecule has 1 N–H and O–H groups in total. The average molecular weight is 345 g/mol. The van der Waals surface area contributed by atoms with Crippen LogP contribution in [0.15, 0.2) is 35.7 Å². The topological polar surface area (TPSA) is 56.7 Å². The Morgan fingerprint density at radius 1 is 1.42 bits per heavy atom. The van der Waals surface area contributed by atoms with Gasteiger partial charge in [-0.1, -0.05) is 30.3 Å². The van der Waals surface area contributed by atoms with Crippen LogP contribution in [0.4, 0.5) is 0 Å². The van der Waals surface area contributed by atoms with Gasteiger partial charge in [-0.15, -0.1) is 0 Å². The molecule has 1 aromatic heterocycles. The van der Waals surface area contributed by atoms with Crippen LogP contribution in [0.25, 0.3) is 0 Å². The molecule has 3 rings (SSSR count). The molecule has 2 aromatic rings. The number of likely N-dealkylation sites (N-methyl/N-ethyl adjacent to an activating group) is 1. The normalized spacial score (nSPS) is 21.1. The quantitative estimate of drug-likeness (QED) is 0.902. The second-order valence-electron chi connectivity index (χ2n) is 6.65. The molecule has 128 valence electrons. The molecular weight excluding hydrogens is 322 g/mol. The van der Waals surface area contributed by atoms with E-state index in [0.29, 0.717) is 25.1 Å². The van der Waals surface area contributed by atoms with E-state index in [9.17, 15) is 9.90 Å². The highest BCUT2D eigenvalue weighted by Gasteiger charge is 2.38. The SMILES string of the molecule is Cc1nscc1C(=O)N(C)C[C@@]1(O)CCN(Cc2ccccc2)C1. The largest absolute Gasteiger partial charge is 0.387 e. The molecule has 1 fully saturated rings. The highest BCUT2D eigenvalue weighted by molar-refractivity contribution is 7.03. The minimum absolute atomic E-state index is 0.0730. The van der Waals surface area contributed by atoms with E-state index in [-0.39, 0.29) is 5.91 Å². The molecule has 5 nitrogen and oxygen atoms in total. The van der Waals surface area contributed by atoms with Crippen molar-refractivity contribution < 1.29 is 9.90 Å². The number of aryl methyl sites for hydroxylation is 1. The van der Waals surface area contributed by atoms with Gasteiger partial charge in [0.2, 0.25) is 0 Å². The van der Waals surface area contributed by atoms with E-state index < -0.39 is 5.60 Å². The summed E-state index contributed by atoms with van der Waals surface area (Å²) in [5, 5.41) is 12.6. The van der Waals surface area contributed by atoms with Crippen molar-refractivity contribution in [2.24, 2.45) is 0 Å². The third-order valence-electron chi connectivity index (χ3n) is 4.52. The number of rotatable bonds is 5. The zero-order valence-electron chi connectivity index (χ0n) is 14.1. The summed E-state index contributed by atoms with van der Waals surface area (Å²) in [4.78, 5) is 16.4. The number of aromatic nitrogens is 1. The number of hydrogen-bond donors (Lipinski definition) is 1. The van der Waals surface area contributed by atoms with Gasteiger partial charge in [-0.2, -0.15) is 4.37 Å². The van der Waals surface area contributed by atoms with Gasteiger partial charge in [-0.3, -0.25) is 9.69 Å². The first-order valence-corrected chi connectivity index (χ1v) is 8.96. The molecule has 0 radical (unpaired) electrons. The van der Waals surface area contributed by atoms with Crippen LogP contribution in [0.3, 0.4) is 0 Å². The number of aliphatic hydroxyl groups is 1. The van der Waals surface area contributed by atoms with Crippen LogP contribution in [0.5, 0.6) is 0 Å². The van der Waals surface area contributed by atoms with Crippen LogP contribution in [0.1, 0.15) is 28.0 Å². The van der Waals surface area contributed by atoms with E-state index in [1.807, 2.05) is 25.1 Å². The number of benzene rings is 1. The smallest absolute Gasteiger partial charge is 0.256 e. The van der Waals surface area contributed by atoms with Crippen molar-refractivity contribution in [3.05, 3.63) is 52.5 Å². The Bertz CT molecular complexity index is 703.